The summed E-state index contributed by atoms with van der Waals surface area (Å²) in [6.07, 6.45) is 0. The second-order valence-electron chi connectivity index (χ2n) is 12.2. The molecule has 0 saturated carbocycles. The first-order valence-corrected chi connectivity index (χ1v) is 16.6. The van der Waals surface area contributed by atoms with Crippen molar-refractivity contribution < 1.29 is 4.42 Å². The number of fused-ring (bicyclic) bond motifs is 5. The smallest absolute Gasteiger partial charge is 0.143 e. The third-order valence-electron chi connectivity index (χ3n) is 9.19. The van der Waals surface area contributed by atoms with Crippen LogP contribution in [0.25, 0.3) is 43.8 Å². The molecular formula is C46H32N2O. The van der Waals surface area contributed by atoms with Gasteiger partial charge in [0.1, 0.15) is 11.2 Å². The van der Waals surface area contributed by atoms with Gasteiger partial charge >= 0.3 is 0 Å². The zero-order valence-corrected chi connectivity index (χ0v) is 26.8. The number of benzene rings is 8. The number of anilines is 6. The van der Waals surface area contributed by atoms with Crippen LogP contribution in [0.5, 0.6) is 0 Å². The molecule has 0 bridgehead atoms. The summed E-state index contributed by atoms with van der Waals surface area (Å²) in [6.45, 7) is 0. The summed E-state index contributed by atoms with van der Waals surface area (Å²) in [5.41, 5.74) is 10.6. The van der Waals surface area contributed by atoms with Crippen molar-refractivity contribution in [2.24, 2.45) is 0 Å². The van der Waals surface area contributed by atoms with Gasteiger partial charge in [-0.25, -0.2) is 0 Å². The molecule has 0 spiro atoms. The Morgan fingerprint density at radius 3 is 1.43 bits per heavy atom. The molecule has 0 unspecified atom stereocenters. The standard InChI is InChI=1S/C46H32N2O/c1-5-18-34(19-6-1)47(35-20-7-2-8-21-35)38-26-15-17-33(31-38)39-29-16-30-44-45(39)42-32-43(40-27-13-14-28-41(40)46(42)49-44)48(36-22-9-3-10-23-36)37-24-11-4-12-25-37/h1-32H. The average molecular weight is 629 g/mol. The van der Waals surface area contributed by atoms with Gasteiger partial charge in [-0.05, 0) is 83.9 Å². The highest BCUT2D eigenvalue weighted by Gasteiger charge is 2.22. The Morgan fingerprint density at radius 2 is 0.837 bits per heavy atom. The molecule has 9 rings (SSSR count). The van der Waals surface area contributed by atoms with Crippen molar-refractivity contribution in [3.8, 4) is 11.1 Å². The zero-order valence-electron chi connectivity index (χ0n) is 26.8. The van der Waals surface area contributed by atoms with Crippen molar-refractivity contribution >= 4 is 66.8 Å². The van der Waals surface area contributed by atoms with Crippen molar-refractivity contribution in [1.82, 2.24) is 0 Å². The van der Waals surface area contributed by atoms with Gasteiger partial charge in [0.05, 0.1) is 5.69 Å². The average Bonchev–Trinajstić information content (AvgIpc) is 3.56. The summed E-state index contributed by atoms with van der Waals surface area (Å²) in [5, 5.41) is 4.41. The number of para-hydroxylation sites is 4. The minimum atomic E-state index is 0.870. The molecular weight excluding hydrogens is 597 g/mol. The Bertz CT molecular complexity index is 2460. The molecule has 232 valence electrons. The lowest BCUT2D eigenvalue weighted by Gasteiger charge is -2.27. The molecule has 1 heterocycles. The fraction of sp³-hybridized carbons (Fsp3) is 0. The first-order chi connectivity index (χ1) is 24.3. The van der Waals surface area contributed by atoms with Crippen LogP contribution in [0.4, 0.5) is 34.1 Å². The van der Waals surface area contributed by atoms with Gasteiger partial charge in [-0.15, -0.1) is 0 Å². The number of hydrogen-bond acceptors (Lipinski definition) is 3. The summed E-state index contributed by atoms with van der Waals surface area (Å²) in [4.78, 5) is 4.65. The maximum atomic E-state index is 6.76. The zero-order chi connectivity index (χ0) is 32.6. The van der Waals surface area contributed by atoms with Crippen LogP contribution >= 0.6 is 0 Å². The van der Waals surface area contributed by atoms with E-state index in [2.05, 4.69) is 204 Å². The summed E-state index contributed by atoms with van der Waals surface area (Å²) in [7, 11) is 0. The molecule has 0 aliphatic carbocycles. The van der Waals surface area contributed by atoms with E-state index < -0.39 is 0 Å². The van der Waals surface area contributed by atoms with Crippen LogP contribution in [0.3, 0.4) is 0 Å². The van der Waals surface area contributed by atoms with Crippen molar-refractivity contribution in [2.45, 2.75) is 0 Å². The molecule has 0 fully saturated rings. The first kappa shape index (κ1) is 28.6. The second kappa shape index (κ2) is 12.2. The van der Waals surface area contributed by atoms with Gasteiger partial charge in [0.15, 0.2) is 0 Å². The molecule has 3 heteroatoms. The van der Waals surface area contributed by atoms with E-state index in [1.807, 2.05) is 0 Å². The van der Waals surface area contributed by atoms with E-state index in [0.29, 0.717) is 0 Å². The predicted molar refractivity (Wildman–Crippen MR) is 206 cm³/mol. The molecule has 3 nitrogen and oxygen atoms in total. The van der Waals surface area contributed by atoms with Gasteiger partial charge in [-0.3, -0.25) is 0 Å². The quantitative estimate of drug-likeness (QED) is 0.175. The van der Waals surface area contributed by atoms with Gasteiger partial charge in [-0.1, -0.05) is 121 Å². The SMILES string of the molecule is c1ccc(N(c2ccccc2)c2cccc(-c3cccc4oc5c6ccccc6c(N(c6ccccc6)c6ccccc6)cc5c34)c2)cc1. The summed E-state index contributed by atoms with van der Waals surface area (Å²) < 4.78 is 6.76. The maximum Gasteiger partial charge on any atom is 0.143 e. The highest BCUT2D eigenvalue weighted by atomic mass is 16.3. The topological polar surface area (TPSA) is 19.6 Å². The summed E-state index contributed by atoms with van der Waals surface area (Å²) >= 11 is 0. The van der Waals surface area contributed by atoms with E-state index in [-0.39, 0.29) is 0 Å². The van der Waals surface area contributed by atoms with Crippen LogP contribution in [0.1, 0.15) is 0 Å². The molecule has 9 aromatic rings. The summed E-state index contributed by atoms with van der Waals surface area (Å²) in [5.74, 6) is 0. The molecule has 0 N–H and O–H groups in total. The van der Waals surface area contributed by atoms with Crippen LogP contribution in [0, 0.1) is 0 Å². The van der Waals surface area contributed by atoms with Gasteiger partial charge in [-0.2, -0.15) is 0 Å². The van der Waals surface area contributed by atoms with Crippen LogP contribution < -0.4 is 9.80 Å². The van der Waals surface area contributed by atoms with Crippen LogP contribution in [-0.2, 0) is 0 Å². The highest BCUT2D eigenvalue weighted by molar-refractivity contribution is 6.22. The van der Waals surface area contributed by atoms with Crippen molar-refractivity contribution in [3.63, 3.8) is 0 Å². The van der Waals surface area contributed by atoms with E-state index in [4.69, 9.17) is 4.42 Å². The van der Waals surface area contributed by atoms with E-state index in [9.17, 15) is 0 Å². The monoisotopic (exact) mass is 628 g/mol. The lowest BCUT2D eigenvalue weighted by atomic mass is 9.96. The van der Waals surface area contributed by atoms with Crippen molar-refractivity contribution in [1.29, 1.82) is 0 Å². The van der Waals surface area contributed by atoms with Crippen LogP contribution in [-0.4, -0.2) is 0 Å². The Morgan fingerprint density at radius 1 is 0.347 bits per heavy atom. The molecule has 0 aliphatic rings. The lowest BCUT2D eigenvalue weighted by Crippen LogP contribution is -2.10. The lowest BCUT2D eigenvalue weighted by molar-refractivity contribution is 0.673. The number of nitrogens with zero attached hydrogens (tertiary/aromatic N) is 2. The van der Waals surface area contributed by atoms with Gasteiger partial charge < -0.3 is 14.2 Å². The van der Waals surface area contributed by atoms with Gasteiger partial charge in [0, 0.05) is 50.0 Å². The molecule has 0 saturated heterocycles. The fourth-order valence-electron chi connectivity index (χ4n) is 7.05. The Hall–Kier alpha value is -6.58. The molecule has 0 atom stereocenters. The fourth-order valence-corrected chi connectivity index (χ4v) is 7.05. The number of hydrogen-bond donors (Lipinski definition) is 0. The highest BCUT2D eigenvalue weighted by Crippen LogP contribution is 2.46. The maximum absolute atomic E-state index is 6.76. The van der Waals surface area contributed by atoms with Gasteiger partial charge in [0.2, 0.25) is 0 Å². The number of rotatable bonds is 7. The van der Waals surface area contributed by atoms with E-state index >= 15 is 0 Å². The van der Waals surface area contributed by atoms with Crippen molar-refractivity contribution in [3.05, 3.63) is 194 Å². The normalized spacial score (nSPS) is 11.3. The van der Waals surface area contributed by atoms with E-state index in [1.54, 1.807) is 0 Å². The summed E-state index contributed by atoms with van der Waals surface area (Å²) in [6, 6.07) is 68.4. The second-order valence-corrected chi connectivity index (χ2v) is 12.2. The van der Waals surface area contributed by atoms with E-state index in [1.165, 1.54) is 0 Å². The van der Waals surface area contributed by atoms with Gasteiger partial charge in [0.25, 0.3) is 0 Å². The molecule has 0 aliphatic heterocycles. The largest absolute Gasteiger partial charge is 0.455 e. The number of furan rings is 1. The van der Waals surface area contributed by atoms with Crippen molar-refractivity contribution in [2.75, 3.05) is 9.80 Å². The molecule has 49 heavy (non-hydrogen) atoms. The minimum Gasteiger partial charge on any atom is -0.455 e. The van der Waals surface area contributed by atoms with Crippen LogP contribution in [0.2, 0.25) is 0 Å². The third-order valence-corrected chi connectivity index (χ3v) is 9.19. The van der Waals surface area contributed by atoms with E-state index in [0.717, 1.165) is 78.0 Å². The molecule has 0 radical (unpaired) electrons. The predicted octanol–water partition coefficient (Wildman–Crippen LogP) is 13.3. The molecule has 1 aromatic heterocycles. The first-order valence-electron chi connectivity index (χ1n) is 16.6. The molecule has 0 amide bonds. The molecule has 8 aromatic carbocycles. The Balaban J connectivity index is 1.29. The minimum absolute atomic E-state index is 0.870. The third kappa shape index (κ3) is 5.09. The Labute approximate surface area is 285 Å². The Kier molecular flexibility index (Phi) is 7.14. The van der Waals surface area contributed by atoms with Crippen LogP contribution in [0.15, 0.2) is 199 Å².